The Balaban J connectivity index is 2.17. The predicted octanol–water partition coefficient (Wildman–Crippen LogP) is 3.61. The largest absolute Gasteiger partial charge is 0.507 e. The van der Waals surface area contributed by atoms with Crippen LogP contribution in [0.15, 0.2) is 48.0 Å². The molecule has 0 bridgehead atoms. The summed E-state index contributed by atoms with van der Waals surface area (Å²) in [5.74, 6) is -1.27. The summed E-state index contributed by atoms with van der Waals surface area (Å²) >= 11 is 0. The third-order valence-electron chi connectivity index (χ3n) is 5.33. The van der Waals surface area contributed by atoms with E-state index in [2.05, 4.69) is 0 Å². The number of Topliss-reactive ketones (excluding diaryl/α,β-unsaturated/α-hetero) is 1. The normalized spacial score (nSPS) is 17.6. The van der Waals surface area contributed by atoms with Crippen LogP contribution in [0.5, 0.6) is 11.5 Å². The van der Waals surface area contributed by atoms with Gasteiger partial charge in [-0.15, -0.1) is 0 Å². The first-order valence-corrected chi connectivity index (χ1v) is 10.9. The van der Waals surface area contributed by atoms with Gasteiger partial charge in [-0.2, -0.15) is 0 Å². The van der Waals surface area contributed by atoms with Gasteiger partial charge in [0.05, 0.1) is 24.8 Å². The molecular formula is C25H29FN2O5. The average Bonchev–Trinajstić information content (AvgIpc) is 3.04. The predicted molar refractivity (Wildman–Crippen MR) is 123 cm³/mol. The zero-order chi connectivity index (χ0) is 24.1. The smallest absolute Gasteiger partial charge is 0.295 e. The Kier molecular flexibility index (Phi) is 7.71. The van der Waals surface area contributed by atoms with E-state index in [0.717, 1.165) is 0 Å². The average molecular weight is 457 g/mol. The molecule has 7 nitrogen and oxygen atoms in total. The van der Waals surface area contributed by atoms with E-state index in [-0.39, 0.29) is 23.4 Å². The van der Waals surface area contributed by atoms with Crippen LogP contribution in [-0.4, -0.2) is 67.0 Å². The van der Waals surface area contributed by atoms with Crippen molar-refractivity contribution in [3.63, 3.8) is 0 Å². The second-order valence-corrected chi connectivity index (χ2v) is 7.87. The first kappa shape index (κ1) is 24.3. The lowest BCUT2D eigenvalue weighted by atomic mass is 9.95. The maximum Gasteiger partial charge on any atom is 0.295 e. The number of aliphatic hydroxyl groups excluding tert-OH is 1. The van der Waals surface area contributed by atoms with Crippen molar-refractivity contribution in [3.8, 4) is 11.5 Å². The lowest BCUT2D eigenvalue weighted by Crippen LogP contribution is -2.35. The molecule has 1 aliphatic heterocycles. The summed E-state index contributed by atoms with van der Waals surface area (Å²) in [7, 11) is 3.74. The van der Waals surface area contributed by atoms with Crippen molar-refractivity contribution in [1.82, 2.24) is 9.80 Å². The fraction of sp³-hybridized carbons (Fsp3) is 0.360. The number of benzene rings is 2. The van der Waals surface area contributed by atoms with Gasteiger partial charge in [-0.3, -0.25) is 9.59 Å². The van der Waals surface area contributed by atoms with Crippen molar-refractivity contribution >= 4 is 17.4 Å². The highest BCUT2D eigenvalue weighted by molar-refractivity contribution is 6.46. The summed E-state index contributed by atoms with van der Waals surface area (Å²) < 4.78 is 24.8. The molecule has 33 heavy (non-hydrogen) atoms. The third kappa shape index (κ3) is 5.17. The number of carbonyl (C=O) groups excluding carboxylic acids is 2. The molecular weight excluding hydrogens is 427 g/mol. The van der Waals surface area contributed by atoms with Gasteiger partial charge >= 0.3 is 0 Å². The Bertz CT molecular complexity index is 1050. The van der Waals surface area contributed by atoms with E-state index in [0.29, 0.717) is 36.8 Å². The van der Waals surface area contributed by atoms with Crippen molar-refractivity contribution in [2.24, 2.45) is 0 Å². The highest BCUT2D eigenvalue weighted by Gasteiger charge is 2.46. The lowest BCUT2D eigenvalue weighted by Gasteiger charge is -2.27. The van der Waals surface area contributed by atoms with E-state index in [9.17, 15) is 19.1 Å². The quantitative estimate of drug-likeness (QED) is 0.353. The summed E-state index contributed by atoms with van der Waals surface area (Å²) in [6.07, 6.45) is 0. The molecule has 1 unspecified atom stereocenters. The van der Waals surface area contributed by atoms with Gasteiger partial charge in [-0.25, -0.2) is 4.39 Å². The van der Waals surface area contributed by atoms with E-state index in [1.54, 1.807) is 18.2 Å². The number of ketones is 1. The molecule has 1 heterocycles. The zero-order valence-electron chi connectivity index (χ0n) is 19.3. The summed E-state index contributed by atoms with van der Waals surface area (Å²) in [4.78, 5) is 29.4. The second-order valence-electron chi connectivity index (χ2n) is 7.87. The number of likely N-dealkylation sites (tertiary alicyclic amines) is 1. The fourth-order valence-corrected chi connectivity index (χ4v) is 3.77. The Morgan fingerprint density at radius 2 is 1.67 bits per heavy atom. The molecule has 0 radical (unpaired) electrons. The van der Waals surface area contributed by atoms with Crippen LogP contribution >= 0.6 is 0 Å². The first-order valence-electron chi connectivity index (χ1n) is 10.9. The van der Waals surface area contributed by atoms with E-state index >= 15 is 0 Å². The third-order valence-corrected chi connectivity index (χ3v) is 5.33. The number of nitrogens with zero attached hydrogens (tertiary/aromatic N) is 2. The van der Waals surface area contributed by atoms with Gasteiger partial charge in [0.25, 0.3) is 11.7 Å². The van der Waals surface area contributed by atoms with Crippen LogP contribution in [0, 0.1) is 5.82 Å². The van der Waals surface area contributed by atoms with E-state index in [1.807, 2.05) is 32.8 Å². The minimum atomic E-state index is -0.829. The van der Waals surface area contributed by atoms with Crippen LogP contribution in [0.25, 0.3) is 5.76 Å². The molecule has 0 aliphatic carbocycles. The molecule has 176 valence electrons. The molecule has 2 aromatic rings. The van der Waals surface area contributed by atoms with E-state index < -0.39 is 23.5 Å². The number of rotatable bonds is 9. The summed E-state index contributed by atoms with van der Waals surface area (Å²) in [5.41, 5.74) is 0.809. The number of carbonyl (C=O) groups is 2. The van der Waals surface area contributed by atoms with Gasteiger partial charge < -0.3 is 24.4 Å². The topological polar surface area (TPSA) is 79.3 Å². The Morgan fingerprint density at radius 1 is 1.03 bits per heavy atom. The molecule has 1 amide bonds. The van der Waals surface area contributed by atoms with Crippen molar-refractivity contribution in [3.05, 3.63) is 65.0 Å². The standard InChI is InChI=1S/C25H29FN2O5/c1-5-32-19-12-9-17(15-20(19)33-6-2)22-21(23(29)16-7-10-18(26)11-8-16)24(30)25(31)28(22)14-13-27(3)4/h7-12,15,22,29H,5-6,13-14H2,1-4H3/b23-21-. The minimum Gasteiger partial charge on any atom is -0.507 e. The molecule has 0 aromatic heterocycles. The number of amides is 1. The minimum absolute atomic E-state index is 0.0445. The van der Waals surface area contributed by atoms with Gasteiger partial charge in [0.2, 0.25) is 0 Å². The monoisotopic (exact) mass is 456 g/mol. The Hall–Kier alpha value is -3.39. The first-order chi connectivity index (χ1) is 15.8. The molecule has 2 aromatic carbocycles. The summed E-state index contributed by atoms with van der Waals surface area (Å²) in [6.45, 7) is 5.36. The van der Waals surface area contributed by atoms with E-state index in [4.69, 9.17) is 9.47 Å². The van der Waals surface area contributed by atoms with Gasteiger partial charge in [0.1, 0.15) is 11.6 Å². The van der Waals surface area contributed by atoms with Crippen molar-refractivity contribution in [2.75, 3.05) is 40.4 Å². The Labute approximate surface area is 193 Å². The number of halogens is 1. The highest BCUT2D eigenvalue weighted by atomic mass is 19.1. The Morgan fingerprint density at radius 3 is 2.27 bits per heavy atom. The molecule has 0 saturated carbocycles. The van der Waals surface area contributed by atoms with Gasteiger partial charge in [0.15, 0.2) is 11.5 Å². The molecule has 1 atom stereocenters. The van der Waals surface area contributed by atoms with Crippen LogP contribution in [-0.2, 0) is 9.59 Å². The maximum absolute atomic E-state index is 13.4. The van der Waals surface area contributed by atoms with Gasteiger partial charge in [-0.1, -0.05) is 6.07 Å². The van der Waals surface area contributed by atoms with Crippen LogP contribution < -0.4 is 9.47 Å². The number of hydrogen-bond donors (Lipinski definition) is 1. The summed E-state index contributed by atoms with van der Waals surface area (Å²) in [5, 5.41) is 11.0. The number of likely N-dealkylation sites (N-methyl/N-ethyl adjacent to an activating group) is 1. The molecule has 1 N–H and O–H groups in total. The van der Waals surface area contributed by atoms with Gasteiger partial charge in [0, 0.05) is 18.7 Å². The van der Waals surface area contributed by atoms with Crippen molar-refractivity contribution < 1.29 is 28.6 Å². The molecule has 8 heteroatoms. The molecule has 1 aliphatic rings. The molecule has 0 spiro atoms. The lowest BCUT2D eigenvalue weighted by molar-refractivity contribution is -0.140. The van der Waals surface area contributed by atoms with E-state index in [1.165, 1.54) is 29.2 Å². The number of aliphatic hydroxyl groups is 1. The van der Waals surface area contributed by atoms with Crippen LogP contribution in [0.1, 0.15) is 31.0 Å². The number of hydrogen-bond acceptors (Lipinski definition) is 6. The van der Waals surface area contributed by atoms with Crippen LogP contribution in [0.2, 0.25) is 0 Å². The maximum atomic E-state index is 13.4. The SMILES string of the molecule is CCOc1ccc(C2/C(=C(/O)c3ccc(F)cc3)C(=O)C(=O)N2CCN(C)C)cc1OCC. The van der Waals surface area contributed by atoms with Crippen LogP contribution in [0.4, 0.5) is 4.39 Å². The van der Waals surface area contributed by atoms with Crippen LogP contribution in [0.3, 0.4) is 0 Å². The number of ether oxygens (including phenoxy) is 2. The van der Waals surface area contributed by atoms with Gasteiger partial charge in [-0.05, 0) is 69.9 Å². The molecule has 3 rings (SSSR count). The van der Waals surface area contributed by atoms with Crippen molar-refractivity contribution in [2.45, 2.75) is 19.9 Å². The summed E-state index contributed by atoms with van der Waals surface area (Å²) in [6, 6.07) is 9.51. The highest BCUT2D eigenvalue weighted by Crippen LogP contribution is 2.42. The zero-order valence-corrected chi connectivity index (χ0v) is 19.3. The molecule has 1 saturated heterocycles. The second kappa shape index (κ2) is 10.5. The molecule has 1 fully saturated rings. The fourth-order valence-electron chi connectivity index (χ4n) is 3.77. The van der Waals surface area contributed by atoms with Crippen molar-refractivity contribution in [1.29, 1.82) is 0 Å².